The lowest BCUT2D eigenvalue weighted by atomic mass is 9.96. The maximum absolute atomic E-state index is 13.0. The Bertz CT molecular complexity index is 815. The molecule has 1 N–H and O–H groups in total. The van der Waals surface area contributed by atoms with Crippen molar-refractivity contribution in [3.05, 3.63) is 59.2 Å². The van der Waals surface area contributed by atoms with Gasteiger partial charge in [0, 0.05) is 7.05 Å². The first-order valence-corrected chi connectivity index (χ1v) is 8.82. The molecule has 0 amide bonds. The van der Waals surface area contributed by atoms with E-state index in [0.29, 0.717) is 4.90 Å². The Morgan fingerprint density at radius 3 is 2.55 bits per heavy atom. The van der Waals surface area contributed by atoms with Crippen molar-refractivity contribution in [2.24, 2.45) is 0 Å². The Kier molecular flexibility index (Phi) is 3.70. The zero-order valence-corrected chi connectivity index (χ0v) is 13.8. The third-order valence-electron chi connectivity index (χ3n) is 4.31. The second-order valence-corrected chi connectivity index (χ2v) is 7.42. The van der Waals surface area contributed by atoms with Gasteiger partial charge in [-0.2, -0.15) is 0 Å². The van der Waals surface area contributed by atoms with Gasteiger partial charge in [0.25, 0.3) is 10.0 Å². The standard InChI is InChI=1S/C17H20N2O2S/c1-4-12-9-10-14-16(11-12)22(20,21)19(3)15-8-6-5-7-13(15)17(14)18-2/h5-11,17-18H,4H2,1-3H3. The van der Waals surface area contributed by atoms with E-state index in [0.717, 1.165) is 28.8 Å². The van der Waals surface area contributed by atoms with Gasteiger partial charge in [-0.3, -0.25) is 4.31 Å². The van der Waals surface area contributed by atoms with Gasteiger partial charge in [0.05, 0.1) is 16.6 Å². The molecule has 0 aromatic heterocycles. The number of nitrogens with zero attached hydrogens (tertiary/aromatic N) is 1. The highest BCUT2D eigenvalue weighted by Gasteiger charge is 2.34. The van der Waals surface area contributed by atoms with Gasteiger partial charge in [0.15, 0.2) is 0 Å². The molecule has 1 heterocycles. The summed E-state index contributed by atoms with van der Waals surface area (Å²) in [6.45, 7) is 2.03. The summed E-state index contributed by atoms with van der Waals surface area (Å²) in [7, 11) is -0.0752. The van der Waals surface area contributed by atoms with Crippen molar-refractivity contribution in [1.82, 2.24) is 5.32 Å². The SMILES string of the molecule is CCc1ccc2c(c1)S(=O)(=O)N(C)c1ccccc1C2NC. The van der Waals surface area contributed by atoms with Crippen LogP contribution < -0.4 is 9.62 Å². The van der Waals surface area contributed by atoms with Crippen molar-refractivity contribution in [3.8, 4) is 0 Å². The van der Waals surface area contributed by atoms with Gasteiger partial charge in [0.2, 0.25) is 0 Å². The molecule has 1 unspecified atom stereocenters. The minimum Gasteiger partial charge on any atom is -0.309 e. The number of hydrogen-bond acceptors (Lipinski definition) is 3. The number of fused-ring (bicyclic) bond motifs is 2. The lowest BCUT2D eigenvalue weighted by Crippen LogP contribution is -2.26. The summed E-state index contributed by atoms with van der Waals surface area (Å²) in [5, 5.41) is 3.26. The number of aryl methyl sites for hydroxylation is 1. The molecule has 1 aliphatic heterocycles. The summed E-state index contributed by atoms with van der Waals surface area (Å²) < 4.78 is 27.4. The van der Waals surface area contributed by atoms with Crippen LogP contribution in [0.3, 0.4) is 0 Å². The van der Waals surface area contributed by atoms with E-state index in [-0.39, 0.29) is 6.04 Å². The third kappa shape index (κ3) is 2.12. The van der Waals surface area contributed by atoms with Crippen LogP contribution in [0.4, 0.5) is 5.69 Å². The van der Waals surface area contributed by atoms with Gasteiger partial charge in [-0.05, 0) is 42.3 Å². The van der Waals surface area contributed by atoms with Crippen molar-refractivity contribution < 1.29 is 8.42 Å². The summed E-state index contributed by atoms with van der Waals surface area (Å²) in [4.78, 5) is 0.393. The molecule has 5 heteroatoms. The topological polar surface area (TPSA) is 49.4 Å². The molecule has 0 saturated carbocycles. The summed E-state index contributed by atoms with van der Waals surface area (Å²) in [5.41, 5.74) is 3.52. The van der Waals surface area contributed by atoms with Gasteiger partial charge in [0.1, 0.15) is 0 Å². The average Bonchev–Trinajstić information content (AvgIpc) is 2.61. The zero-order chi connectivity index (χ0) is 15.9. The molecule has 3 rings (SSSR count). The van der Waals surface area contributed by atoms with Crippen LogP contribution in [0.1, 0.15) is 29.7 Å². The van der Waals surface area contributed by atoms with Gasteiger partial charge in [-0.1, -0.05) is 37.3 Å². The van der Waals surface area contributed by atoms with Crippen LogP contribution in [0.25, 0.3) is 0 Å². The minimum absolute atomic E-state index is 0.142. The van der Waals surface area contributed by atoms with E-state index in [1.165, 1.54) is 4.31 Å². The predicted molar refractivity (Wildman–Crippen MR) is 88.8 cm³/mol. The highest BCUT2D eigenvalue weighted by molar-refractivity contribution is 7.92. The van der Waals surface area contributed by atoms with Gasteiger partial charge < -0.3 is 5.32 Å². The maximum atomic E-state index is 13.0. The monoisotopic (exact) mass is 316 g/mol. The van der Waals surface area contributed by atoms with Gasteiger partial charge >= 0.3 is 0 Å². The van der Waals surface area contributed by atoms with Crippen LogP contribution in [0, 0.1) is 0 Å². The van der Waals surface area contributed by atoms with Crippen LogP contribution in [-0.4, -0.2) is 22.5 Å². The Morgan fingerprint density at radius 2 is 1.86 bits per heavy atom. The fourth-order valence-corrected chi connectivity index (χ4v) is 4.54. The van der Waals surface area contributed by atoms with E-state index >= 15 is 0 Å². The van der Waals surface area contributed by atoms with E-state index in [1.54, 1.807) is 13.1 Å². The van der Waals surface area contributed by atoms with E-state index in [2.05, 4.69) is 5.32 Å². The number of sulfonamides is 1. The molecular formula is C17H20N2O2S. The second kappa shape index (κ2) is 5.41. The smallest absolute Gasteiger partial charge is 0.264 e. The van der Waals surface area contributed by atoms with Gasteiger partial charge in [-0.25, -0.2) is 8.42 Å². The van der Waals surface area contributed by atoms with E-state index < -0.39 is 10.0 Å². The quantitative estimate of drug-likeness (QED) is 0.927. The molecule has 116 valence electrons. The highest BCUT2D eigenvalue weighted by atomic mass is 32.2. The van der Waals surface area contributed by atoms with Crippen molar-refractivity contribution in [2.75, 3.05) is 18.4 Å². The van der Waals surface area contributed by atoms with Crippen molar-refractivity contribution in [2.45, 2.75) is 24.3 Å². The molecule has 0 radical (unpaired) electrons. The molecule has 2 aromatic rings. The second-order valence-electron chi connectivity index (χ2n) is 5.48. The normalized spacial score (nSPS) is 19.2. The summed E-state index contributed by atoms with van der Waals surface area (Å²) in [5.74, 6) is 0. The molecule has 0 spiro atoms. The molecule has 1 atom stereocenters. The van der Waals surface area contributed by atoms with Gasteiger partial charge in [-0.15, -0.1) is 0 Å². The number of benzene rings is 2. The highest BCUT2D eigenvalue weighted by Crippen LogP contribution is 2.39. The number of anilines is 1. The minimum atomic E-state index is -3.55. The lowest BCUT2D eigenvalue weighted by Gasteiger charge is -2.20. The molecular weight excluding hydrogens is 296 g/mol. The summed E-state index contributed by atoms with van der Waals surface area (Å²) >= 11 is 0. The first-order chi connectivity index (χ1) is 10.5. The Morgan fingerprint density at radius 1 is 1.14 bits per heavy atom. The molecule has 22 heavy (non-hydrogen) atoms. The molecule has 0 saturated heterocycles. The largest absolute Gasteiger partial charge is 0.309 e. The first kappa shape index (κ1) is 15.1. The molecule has 0 fully saturated rings. The van der Waals surface area contributed by atoms with Crippen LogP contribution in [-0.2, 0) is 16.4 Å². The van der Waals surface area contributed by atoms with E-state index in [4.69, 9.17) is 0 Å². The Labute approximate surface area is 131 Å². The predicted octanol–water partition coefficient (Wildman–Crippen LogP) is 2.70. The number of hydrogen-bond donors (Lipinski definition) is 1. The summed E-state index contributed by atoms with van der Waals surface area (Å²) in [6, 6.07) is 13.2. The molecule has 1 aliphatic rings. The van der Waals surface area contributed by atoms with Crippen molar-refractivity contribution in [3.63, 3.8) is 0 Å². The van der Waals surface area contributed by atoms with E-state index in [1.807, 2.05) is 50.4 Å². The number of nitrogens with one attached hydrogen (secondary N) is 1. The Balaban J connectivity index is 2.38. The van der Waals surface area contributed by atoms with E-state index in [9.17, 15) is 8.42 Å². The van der Waals surface area contributed by atoms with Crippen molar-refractivity contribution in [1.29, 1.82) is 0 Å². The number of rotatable bonds is 2. The average molecular weight is 316 g/mol. The molecule has 2 aromatic carbocycles. The zero-order valence-electron chi connectivity index (χ0n) is 13.0. The molecule has 0 bridgehead atoms. The lowest BCUT2D eigenvalue weighted by molar-refractivity contribution is 0.592. The van der Waals surface area contributed by atoms with Crippen LogP contribution in [0.15, 0.2) is 47.4 Å². The van der Waals surface area contributed by atoms with Crippen molar-refractivity contribution >= 4 is 15.7 Å². The fourth-order valence-electron chi connectivity index (χ4n) is 3.03. The fraction of sp³-hybridized carbons (Fsp3) is 0.294. The number of para-hydroxylation sites is 1. The first-order valence-electron chi connectivity index (χ1n) is 7.38. The van der Waals surface area contributed by atoms with Crippen LogP contribution in [0.5, 0.6) is 0 Å². The summed E-state index contributed by atoms with van der Waals surface area (Å²) in [6.07, 6.45) is 0.809. The van der Waals surface area contributed by atoms with Crippen LogP contribution in [0.2, 0.25) is 0 Å². The maximum Gasteiger partial charge on any atom is 0.264 e. The third-order valence-corrected chi connectivity index (χ3v) is 6.14. The molecule has 0 aliphatic carbocycles. The Hall–Kier alpha value is -1.85. The molecule has 4 nitrogen and oxygen atoms in total. The van der Waals surface area contributed by atoms with Crippen LogP contribution >= 0.6 is 0 Å².